The molecule has 94 valence electrons. The van der Waals surface area contributed by atoms with Crippen LogP contribution in [0, 0.1) is 0 Å². The van der Waals surface area contributed by atoms with E-state index in [1.807, 2.05) is 41.9 Å². The van der Waals surface area contributed by atoms with Gasteiger partial charge in [0.2, 0.25) is 0 Å². The van der Waals surface area contributed by atoms with Gasteiger partial charge < -0.3 is 5.11 Å². The Morgan fingerprint density at radius 2 is 2.00 bits per heavy atom. The van der Waals surface area contributed by atoms with Gasteiger partial charge in [-0.2, -0.15) is 11.3 Å². The average molecular weight is 260 g/mol. The van der Waals surface area contributed by atoms with Crippen LogP contribution in [0.3, 0.4) is 0 Å². The van der Waals surface area contributed by atoms with Crippen LogP contribution in [0.5, 0.6) is 0 Å². The van der Waals surface area contributed by atoms with E-state index in [0.717, 1.165) is 5.56 Å². The Morgan fingerprint density at radius 3 is 2.56 bits per heavy atom. The summed E-state index contributed by atoms with van der Waals surface area (Å²) in [5.41, 5.74) is 1.56. The van der Waals surface area contributed by atoms with Crippen LogP contribution in [0.1, 0.15) is 35.2 Å². The molecule has 1 heterocycles. The van der Waals surface area contributed by atoms with E-state index in [1.54, 1.807) is 23.5 Å². The summed E-state index contributed by atoms with van der Waals surface area (Å²) in [6, 6.07) is 11.1. The Balaban J connectivity index is 2.33. The highest BCUT2D eigenvalue weighted by molar-refractivity contribution is 7.08. The molecule has 1 aromatic heterocycles. The maximum absolute atomic E-state index is 12.5. The molecule has 1 N–H and O–H groups in total. The fourth-order valence-electron chi connectivity index (χ4n) is 2.02. The van der Waals surface area contributed by atoms with Crippen molar-refractivity contribution in [2.75, 3.05) is 0 Å². The van der Waals surface area contributed by atoms with Crippen molar-refractivity contribution in [1.29, 1.82) is 0 Å². The molecule has 2 unspecified atom stereocenters. The molecule has 2 atom stereocenters. The largest absolute Gasteiger partial charge is 0.392 e. The Hall–Kier alpha value is -1.45. The van der Waals surface area contributed by atoms with Gasteiger partial charge in [-0.25, -0.2) is 0 Å². The third kappa shape index (κ3) is 2.68. The van der Waals surface area contributed by atoms with Crippen molar-refractivity contribution in [3.05, 3.63) is 58.3 Å². The third-order valence-corrected chi connectivity index (χ3v) is 3.75. The fourth-order valence-corrected chi connectivity index (χ4v) is 2.71. The zero-order chi connectivity index (χ0) is 13.0. The SMILES string of the molecule is CCC(O)C(C(=O)c1ccccc1)c1ccsc1. The second-order valence-electron chi connectivity index (χ2n) is 4.24. The number of aliphatic hydroxyl groups is 1. The number of carbonyl (C=O) groups excluding carboxylic acids is 1. The molecule has 0 fully saturated rings. The number of benzene rings is 1. The summed E-state index contributed by atoms with van der Waals surface area (Å²) in [6.45, 7) is 1.89. The van der Waals surface area contributed by atoms with Crippen molar-refractivity contribution in [2.24, 2.45) is 0 Å². The first-order chi connectivity index (χ1) is 8.74. The lowest BCUT2D eigenvalue weighted by Crippen LogP contribution is -2.25. The molecule has 0 saturated heterocycles. The smallest absolute Gasteiger partial charge is 0.172 e. The molecular weight excluding hydrogens is 244 g/mol. The van der Waals surface area contributed by atoms with Gasteiger partial charge in [0.25, 0.3) is 0 Å². The molecular formula is C15H16O2S. The molecule has 0 radical (unpaired) electrons. The second-order valence-corrected chi connectivity index (χ2v) is 5.02. The molecule has 0 aliphatic carbocycles. The zero-order valence-corrected chi connectivity index (χ0v) is 11.1. The predicted molar refractivity (Wildman–Crippen MR) is 74.1 cm³/mol. The number of aliphatic hydroxyl groups excluding tert-OH is 1. The standard InChI is InChI=1S/C15H16O2S/c1-2-13(16)14(12-8-9-18-10-12)15(17)11-6-4-3-5-7-11/h3-10,13-14,16H,2H2,1H3. The summed E-state index contributed by atoms with van der Waals surface area (Å²) in [5.74, 6) is -0.466. The van der Waals surface area contributed by atoms with Crippen LogP contribution < -0.4 is 0 Å². The molecule has 18 heavy (non-hydrogen) atoms. The topological polar surface area (TPSA) is 37.3 Å². The van der Waals surface area contributed by atoms with E-state index in [9.17, 15) is 9.90 Å². The summed E-state index contributed by atoms with van der Waals surface area (Å²) in [5, 5.41) is 14.0. The molecule has 0 aliphatic rings. The van der Waals surface area contributed by atoms with Crippen LogP contribution in [0.2, 0.25) is 0 Å². The van der Waals surface area contributed by atoms with Gasteiger partial charge in [0.1, 0.15) is 0 Å². The van der Waals surface area contributed by atoms with E-state index in [4.69, 9.17) is 0 Å². The predicted octanol–water partition coefficient (Wildman–Crippen LogP) is 3.49. The minimum Gasteiger partial charge on any atom is -0.392 e. The average Bonchev–Trinajstić information content (AvgIpc) is 2.93. The van der Waals surface area contributed by atoms with E-state index >= 15 is 0 Å². The van der Waals surface area contributed by atoms with Gasteiger partial charge in [0, 0.05) is 5.56 Å². The van der Waals surface area contributed by atoms with Crippen LogP contribution in [0.15, 0.2) is 47.2 Å². The summed E-state index contributed by atoms with van der Waals surface area (Å²) >= 11 is 1.55. The number of Topliss-reactive ketones (excluding diaryl/α,β-unsaturated/α-hetero) is 1. The number of thiophene rings is 1. The van der Waals surface area contributed by atoms with Gasteiger partial charge in [-0.05, 0) is 28.8 Å². The number of hydrogen-bond acceptors (Lipinski definition) is 3. The maximum atomic E-state index is 12.5. The quantitative estimate of drug-likeness (QED) is 0.836. The molecule has 0 amide bonds. The summed E-state index contributed by atoms with van der Waals surface area (Å²) < 4.78 is 0. The van der Waals surface area contributed by atoms with Crippen molar-refractivity contribution in [3.8, 4) is 0 Å². The highest BCUT2D eigenvalue weighted by Crippen LogP contribution is 2.27. The van der Waals surface area contributed by atoms with E-state index in [-0.39, 0.29) is 5.78 Å². The van der Waals surface area contributed by atoms with Crippen molar-refractivity contribution in [1.82, 2.24) is 0 Å². The van der Waals surface area contributed by atoms with Gasteiger partial charge in [-0.1, -0.05) is 37.3 Å². The first kappa shape index (κ1) is 13.0. The summed E-state index contributed by atoms with van der Waals surface area (Å²) in [7, 11) is 0. The summed E-state index contributed by atoms with van der Waals surface area (Å²) in [4.78, 5) is 12.5. The minimum atomic E-state index is -0.632. The lowest BCUT2D eigenvalue weighted by atomic mass is 9.86. The Kier molecular flexibility index (Phi) is 4.28. The fraction of sp³-hybridized carbons (Fsp3) is 0.267. The molecule has 0 aliphatic heterocycles. The highest BCUT2D eigenvalue weighted by Gasteiger charge is 2.28. The van der Waals surface area contributed by atoms with Gasteiger partial charge in [-0.15, -0.1) is 0 Å². The molecule has 3 heteroatoms. The van der Waals surface area contributed by atoms with E-state index in [2.05, 4.69) is 0 Å². The molecule has 2 rings (SSSR count). The Labute approximate surface area is 111 Å². The zero-order valence-electron chi connectivity index (χ0n) is 10.2. The first-order valence-corrected chi connectivity index (χ1v) is 6.97. The number of ketones is 1. The molecule has 0 saturated carbocycles. The van der Waals surface area contributed by atoms with Crippen molar-refractivity contribution in [2.45, 2.75) is 25.4 Å². The normalized spacial score (nSPS) is 14.1. The molecule has 1 aromatic carbocycles. The number of rotatable bonds is 5. The van der Waals surface area contributed by atoms with Crippen LogP contribution in [-0.2, 0) is 0 Å². The van der Waals surface area contributed by atoms with Crippen LogP contribution in [-0.4, -0.2) is 17.0 Å². The van der Waals surface area contributed by atoms with Gasteiger partial charge >= 0.3 is 0 Å². The van der Waals surface area contributed by atoms with Crippen LogP contribution in [0.4, 0.5) is 0 Å². The van der Waals surface area contributed by atoms with Crippen LogP contribution >= 0.6 is 11.3 Å². The van der Waals surface area contributed by atoms with Gasteiger partial charge in [-0.3, -0.25) is 4.79 Å². The monoisotopic (exact) mass is 260 g/mol. The molecule has 2 aromatic rings. The Morgan fingerprint density at radius 1 is 1.28 bits per heavy atom. The van der Waals surface area contributed by atoms with E-state index in [0.29, 0.717) is 12.0 Å². The first-order valence-electron chi connectivity index (χ1n) is 6.03. The second kappa shape index (κ2) is 5.94. The Bertz CT molecular complexity index is 490. The van der Waals surface area contributed by atoms with E-state index in [1.165, 1.54) is 0 Å². The van der Waals surface area contributed by atoms with Gasteiger partial charge in [0.05, 0.1) is 12.0 Å². The molecule has 2 nitrogen and oxygen atoms in total. The lowest BCUT2D eigenvalue weighted by molar-refractivity contribution is 0.0804. The van der Waals surface area contributed by atoms with E-state index < -0.39 is 12.0 Å². The lowest BCUT2D eigenvalue weighted by Gasteiger charge is -2.20. The van der Waals surface area contributed by atoms with Crippen LogP contribution in [0.25, 0.3) is 0 Å². The van der Waals surface area contributed by atoms with Gasteiger partial charge in [0.15, 0.2) is 5.78 Å². The maximum Gasteiger partial charge on any atom is 0.172 e. The highest BCUT2D eigenvalue weighted by atomic mass is 32.1. The van der Waals surface area contributed by atoms with Crippen molar-refractivity contribution < 1.29 is 9.90 Å². The minimum absolute atomic E-state index is 0.0108. The van der Waals surface area contributed by atoms with Crippen molar-refractivity contribution >= 4 is 17.1 Å². The molecule has 0 bridgehead atoms. The summed E-state index contributed by atoms with van der Waals surface area (Å²) in [6.07, 6.45) is -0.0636. The number of hydrogen-bond donors (Lipinski definition) is 1. The van der Waals surface area contributed by atoms with Crippen molar-refractivity contribution in [3.63, 3.8) is 0 Å². The number of carbonyl (C=O) groups is 1. The third-order valence-electron chi connectivity index (χ3n) is 3.05. The molecule has 0 spiro atoms.